The Labute approximate surface area is 186 Å². The molecule has 0 fully saturated rings. The zero-order valence-electron chi connectivity index (χ0n) is 17.0. The number of alkyl halides is 3. The average molecular weight is 457 g/mol. The van der Waals surface area contributed by atoms with E-state index in [1.807, 2.05) is 6.07 Å². The summed E-state index contributed by atoms with van der Waals surface area (Å²) >= 11 is 6.21. The summed E-state index contributed by atoms with van der Waals surface area (Å²) in [5.41, 5.74) is 1.70. The predicted octanol–water partition coefficient (Wildman–Crippen LogP) is 6.16. The van der Waals surface area contributed by atoms with Crippen LogP contribution in [0.3, 0.4) is 0 Å². The molecule has 0 spiro atoms. The molecule has 5 nitrogen and oxygen atoms in total. The first kappa shape index (κ1) is 21.7. The first-order chi connectivity index (χ1) is 15.2. The molecular weight excluding hydrogens is 441 g/mol. The molecule has 2 aromatic heterocycles. The topological polar surface area (TPSA) is 63.7 Å². The number of fused-ring (bicyclic) bond motifs is 1. The van der Waals surface area contributed by atoms with Gasteiger partial charge >= 0.3 is 6.18 Å². The van der Waals surface area contributed by atoms with Crippen molar-refractivity contribution in [2.24, 2.45) is 0 Å². The van der Waals surface area contributed by atoms with E-state index in [-0.39, 0.29) is 29.2 Å². The fourth-order valence-electron chi connectivity index (χ4n) is 3.39. The summed E-state index contributed by atoms with van der Waals surface area (Å²) in [6.07, 6.45) is -4.63. The summed E-state index contributed by atoms with van der Waals surface area (Å²) in [5, 5.41) is 13.6. The van der Waals surface area contributed by atoms with E-state index in [0.29, 0.717) is 27.4 Å². The molecule has 0 aliphatic heterocycles. The largest absolute Gasteiger partial charge is 0.473 e. The van der Waals surface area contributed by atoms with Crippen molar-refractivity contribution in [3.8, 4) is 17.6 Å². The summed E-state index contributed by atoms with van der Waals surface area (Å²) in [6, 6.07) is 14.6. The number of rotatable bonds is 4. The molecule has 0 aliphatic rings. The highest BCUT2D eigenvalue weighted by Gasteiger charge is 2.36. The van der Waals surface area contributed by atoms with E-state index in [1.54, 1.807) is 49.4 Å². The molecule has 0 bridgehead atoms. The number of nitrogens with zero attached hydrogens (tertiary/aromatic N) is 4. The van der Waals surface area contributed by atoms with Crippen LogP contribution < -0.4 is 4.74 Å². The van der Waals surface area contributed by atoms with Crippen LogP contribution in [0.25, 0.3) is 16.7 Å². The predicted molar refractivity (Wildman–Crippen MR) is 114 cm³/mol. The van der Waals surface area contributed by atoms with E-state index in [4.69, 9.17) is 21.6 Å². The number of aromatic nitrogens is 3. The van der Waals surface area contributed by atoms with Crippen LogP contribution in [0.15, 0.2) is 48.5 Å². The van der Waals surface area contributed by atoms with Crippen molar-refractivity contribution in [1.82, 2.24) is 14.8 Å². The fraction of sp³-hybridized carbons (Fsp3) is 0.174. The Morgan fingerprint density at radius 3 is 2.50 bits per heavy atom. The first-order valence-electron chi connectivity index (χ1n) is 9.54. The Bertz CT molecular complexity index is 1360. The third kappa shape index (κ3) is 3.99. The summed E-state index contributed by atoms with van der Waals surface area (Å²) in [5.74, 6) is -0.185. The van der Waals surface area contributed by atoms with Gasteiger partial charge in [-0.05, 0) is 49.2 Å². The monoisotopic (exact) mass is 456 g/mol. The van der Waals surface area contributed by atoms with Crippen molar-refractivity contribution in [3.05, 3.63) is 81.5 Å². The third-order valence-electron chi connectivity index (χ3n) is 5.03. The molecular formula is C23H16ClF3N4O. The molecule has 2 heterocycles. The molecule has 0 aliphatic carbocycles. The molecule has 4 aromatic rings. The lowest BCUT2D eigenvalue weighted by atomic mass is 10.1. The summed E-state index contributed by atoms with van der Waals surface area (Å²) in [7, 11) is 0. The summed E-state index contributed by atoms with van der Waals surface area (Å²) in [6.45, 7) is 3.26. The molecule has 9 heteroatoms. The maximum Gasteiger partial charge on any atom is 0.417 e. The third-order valence-corrected chi connectivity index (χ3v) is 5.44. The van der Waals surface area contributed by atoms with Crippen LogP contribution in [0.5, 0.6) is 5.88 Å². The van der Waals surface area contributed by atoms with Crippen molar-refractivity contribution in [2.75, 3.05) is 0 Å². The SMILES string of the molecule is Cc1c(Cl)cccc1-n1nc(C)c2c(C(F)(F)F)cc(OCc3ccc(C#N)cc3)nc21. The zero-order chi connectivity index (χ0) is 23.0. The Morgan fingerprint density at radius 1 is 1.12 bits per heavy atom. The molecule has 2 aromatic carbocycles. The van der Waals surface area contributed by atoms with Gasteiger partial charge in [-0.1, -0.05) is 29.8 Å². The second kappa shape index (κ2) is 8.17. The standard InChI is InChI=1S/C23H16ClF3N4O/c1-13-18(24)4-3-5-19(13)31-22-21(14(2)30-31)17(23(25,26)27)10-20(29-22)32-12-16-8-6-15(11-28)7-9-16/h3-10H,12H2,1-2H3. The molecule has 0 unspecified atom stereocenters. The minimum absolute atomic E-state index is 0.00910. The molecule has 0 atom stereocenters. The maximum absolute atomic E-state index is 13.9. The summed E-state index contributed by atoms with van der Waals surface area (Å²) < 4.78 is 48.7. The lowest BCUT2D eigenvalue weighted by molar-refractivity contribution is -0.136. The first-order valence-corrected chi connectivity index (χ1v) is 9.91. The van der Waals surface area contributed by atoms with Crippen LogP contribution >= 0.6 is 11.6 Å². The van der Waals surface area contributed by atoms with Gasteiger partial charge in [0.2, 0.25) is 5.88 Å². The number of hydrogen-bond acceptors (Lipinski definition) is 4. The molecule has 0 saturated carbocycles. The van der Waals surface area contributed by atoms with E-state index >= 15 is 0 Å². The lowest BCUT2D eigenvalue weighted by Gasteiger charge is -2.13. The highest BCUT2D eigenvalue weighted by atomic mass is 35.5. The van der Waals surface area contributed by atoms with Crippen LogP contribution in [0.2, 0.25) is 5.02 Å². The molecule has 0 amide bonds. The van der Waals surface area contributed by atoms with Gasteiger partial charge in [0.1, 0.15) is 6.61 Å². The van der Waals surface area contributed by atoms with Gasteiger partial charge in [0.05, 0.1) is 34.0 Å². The van der Waals surface area contributed by atoms with Gasteiger partial charge in [-0.25, -0.2) is 4.68 Å². The molecule has 4 rings (SSSR count). The van der Waals surface area contributed by atoms with Crippen LogP contribution in [0.1, 0.15) is 27.9 Å². The van der Waals surface area contributed by atoms with E-state index in [0.717, 1.165) is 6.07 Å². The van der Waals surface area contributed by atoms with E-state index in [9.17, 15) is 13.2 Å². The normalized spacial score (nSPS) is 11.5. The van der Waals surface area contributed by atoms with Crippen LogP contribution in [-0.4, -0.2) is 14.8 Å². The van der Waals surface area contributed by atoms with Gasteiger partial charge in [0.25, 0.3) is 0 Å². The smallest absolute Gasteiger partial charge is 0.417 e. The van der Waals surface area contributed by atoms with Crippen molar-refractivity contribution < 1.29 is 17.9 Å². The van der Waals surface area contributed by atoms with Crippen molar-refractivity contribution in [1.29, 1.82) is 5.26 Å². The highest BCUT2D eigenvalue weighted by Crippen LogP contribution is 2.39. The van der Waals surface area contributed by atoms with Crippen LogP contribution in [0.4, 0.5) is 13.2 Å². The molecule has 0 radical (unpaired) electrons. The van der Waals surface area contributed by atoms with Gasteiger partial charge in [-0.15, -0.1) is 0 Å². The van der Waals surface area contributed by atoms with Gasteiger partial charge < -0.3 is 4.74 Å². The highest BCUT2D eigenvalue weighted by molar-refractivity contribution is 6.31. The molecule has 0 saturated heterocycles. The maximum atomic E-state index is 13.9. The van der Waals surface area contributed by atoms with Crippen LogP contribution in [0, 0.1) is 25.2 Å². The minimum Gasteiger partial charge on any atom is -0.473 e. The Morgan fingerprint density at radius 2 is 1.84 bits per heavy atom. The second-order valence-corrected chi connectivity index (χ2v) is 7.59. The Hall–Kier alpha value is -3.57. The van der Waals surface area contributed by atoms with Crippen molar-refractivity contribution >= 4 is 22.6 Å². The number of benzene rings is 2. The lowest BCUT2D eigenvalue weighted by Crippen LogP contribution is -2.09. The number of pyridine rings is 1. The average Bonchev–Trinajstić information content (AvgIpc) is 3.09. The number of ether oxygens (including phenoxy) is 1. The number of nitriles is 1. The van der Waals surface area contributed by atoms with Gasteiger partial charge in [0, 0.05) is 11.1 Å². The van der Waals surface area contributed by atoms with Gasteiger partial charge in [-0.3, -0.25) is 0 Å². The van der Waals surface area contributed by atoms with Crippen LogP contribution in [-0.2, 0) is 12.8 Å². The number of aryl methyl sites for hydroxylation is 1. The van der Waals surface area contributed by atoms with Gasteiger partial charge in [0.15, 0.2) is 5.65 Å². The van der Waals surface area contributed by atoms with Crippen molar-refractivity contribution in [3.63, 3.8) is 0 Å². The van der Waals surface area contributed by atoms with E-state index in [1.165, 1.54) is 11.6 Å². The number of halogens is 4. The Kier molecular flexibility index (Phi) is 5.53. The minimum atomic E-state index is -4.63. The quantitative estimate of drug-likeness (QED) is 0.369. The van der Waals surface area contributed by atoms with Gasteiger partial charge in [-0.2, -0.15) is 28.5 Å². The second-order valence-electron chi connectivity index (χ2n) is 7.18. The van der Waals surface area contributed by atoms with E-state index in [2.05, 4.69) is 10.1 Å². The Balaban J connectivity index is 1.83. The van der Waals surface area contributed by atoms with Crippen molar-refractivity contribution in [2.45, 2.75) is 26.6 Å². The zero-order valence-corrected chi connectivity index (χ0v) is 17.8. The fourth-order valence-corrected chi connectivity index (χ4v) is 3.56. The molecule has 162 valence electrons. The molecule has 32 heavy (non-hydrogen) atoms. The van der Waals surface area contributed by atoms with E-state index < -0.39 is 11.7 Å². The number of hydrogen-bond donors (Lipinski definition) is 0. The molecule has 0 N–H and O–H groups in total. The summed E-state index contributed by atoms with van der Waals surface area (Å²) in [4.78, 5) is 4.35.